The Morgan fingerprint density at radius 3 is 1.80 bits per heavy atom. The normalized spacial score (nSPS) is 10.5. The number of hydrogen-bond acceptors (Lipinski definition) is 3. The molecule has 0 aliphatic heterocycles. The van der Waals surface area contributed by atoms with E-state index < -0.39 is 0 Å². The minimum absolute atomic E-state index is 0.0570. The van der Waals surface area contributed by atoms with Gasteiger partial charge in [0.15, 0.2) is 0 Å². The summed E-state index contributed by atoms with van der Waals surface area (Å²) in [5.74, 6) is -0.339. The minimum Gasteiger partial charge on any atom is -0.325 e. The smallest absolute Gasteiger partial charge is 0.324 e. The van der Waals surface area contributed by atoms with Crippen molar-refractivity contribution in [1.82, 2.24) is 15.5 Å². The van der Waals surface area contributed by atoms with E-state index in [4.69, 9.17) is 0 Å². The molecule has 2 rings (SSSR count). The molecule has 2 aromatic carbocycles. The second-order valence-corrected chi connectivity index (χ2v) is 5.66. The van der Waals surface area contributed by atoms with Crippen LogP contribution in [0.2, 0.25) is 0 Å². The van der Waals surface area contributed by atoms with E-state index in [1.54, 1.807) is 4.90 Å². The zero-order valence-electron chi connectivity index (χ0n) is 14.7. The maximum absolute atomic E-state index is 12.1. The fourth-order valence-corrected chi connectivity index (χ4v) is 2.67. The number of urea groups is 1. The van der Waals surface area contributed by atoms with E-state index in [1.807, 2.05) is 74.5 Å². The summed E-state index contributed by atoms with van der Waals surface area (Å²) >= 11 is 0. The van der Waals surface area contributed by atoms with Crippen LogP contribution in [0, 0.1) is 0 Å². The third-order valence-corrected chi connectivity index (χ3v) is 4.03. The molecule has 0 atom stereocenters. The van der Waals surface area contributed by atoms with Crippen molar-refractivity contribution in [3.63, 3.8) is 0 Å². The molecule has 0 spiro atoms. The molecule has 2 N–H and O–H groups in total. The maximum atomic E-state index is 12.1. The van der Waals surface area contributed by atoms with Gasteiger partial charge in [0.1, 0.15) is 0 Å². The number of rotatable bonds is 7. The molecule has 0 saturated heterocycles. The van der Waals surface area contributed by atoms with E-state index in [0.717, 1.165) is 11.1 Å². The van der Waals surface area contributed by atoms with Crippen LogP contribution in [0.15, 0.2) is 60.7 Å². The Kier molecular flexibility index (Phi) is 7.16. The number of carbonyl (C=O) groups is 2. The summed E-state index contributed by atoms with van der Waals surface area (Å²) in [5, 5.41) is 5.68. The number of carbonyl (C=O) groups excluding carboxylic acids is 2. The summed E-state index contributed by atoms with van der Waals surface area (Å²) in [6, 6.07) is 19.4. The first-order valence-electron chi connectivity index (χ1n) is 8.57. The van der Waals surface area contributed by atoms with Crippen LogP contribution >= 0.6 is 0 Å². The predicted octanol–water partition coefficient (Wildman–Crippen LogP) is 2.94. The van der Waals surface area contributed by atoms with Crippen molar-refractivity contribution in [3.05, 3.63) is 71.8 Å². The van der Waals surface area contributed by atoms with Gasteiger partial charge in [-0.15, -0.1) is 0 Å². The molecule has 0 aliphatic carbocycles. The van der Waals surface area contributed by atoms with E-state index in [0.29, 0.717) is 13.1 Å². The molecule has 3 amide bonds. The number of hydrogen-bond donors (Lipinski definition) is 2. The van der Waals surface area contributed by atoms with Crippen LogP contribution in [0.5, 0.6) is 0 Å². The van der Waals surface area contributed by atoms with E-state index in [-0.39, 0.29) is 24.5 Å². The molecular formula is C20H25N3O2. The molecule has 0 bridgehead atoms. The van der Waals surface area contributed by atoms with Gasteiger partial charge in [-0.05, 0) is 25.0 Å². The van der Waals surface area contributed by atoms with Gasteiger partial charge in [-0.1, -0.05) is 60.7 Å². The molecule has 0 fully saturated rings. The molecule has 0 unspecified atom stereocenters. The first-order valence-corrected chi connectivity index (χ1v) is 8.57. The lowest BCUT2D eigenvalue weighted by molar-refractivity contribution is -0.119. The second kappa shape index (κ2) is 9.59. The van der Waals surface area contributed by atoms with Crippen LogP contribution in [0.4, 0.5) is 4.79 Å². The Hall–Kier alpha value is -2.66. The molecule has 132 valence electrons. The highest BCUT2D eigenvalue weighted by Gasteiger charge is 2.17. The van der Waals surface area contributed by atoms with Crippen molar-refractivity contribution in [3.8, 4) is 0 Å². The number of benzene rings is 2. The summed E-state index contributed by atoms with van der Waals surface area (Å²) in [6.07, 6.45) is 0. The Bertz CT molecular complexity index is 630. The lowest BCUT2D eigenvalue weighted by Gasteiger charge is -2.21. The molecule has 0 saturated carbocycles. The van der Waals surface area contributed by atoms with Gasteiger partial charge in [-0.25, -0.2) is 4.79 Å². The Morgan fingerprint density at radius 1 is 0.880 bits per heavy atom. The highest BCUT2D eigenvalue weighted by Crippen LogP contribution is 2.21. The van der Waals surface area contributed by atoms with E-state index in [1.165, 1.54) is 0 Å². The van der Waals surface area contributed by atoms with Crippen molar-refractivity contribution >= 4 is 11.9 Å². The molecule has 0 aliphatic rings. The summed E-state index contributed by atoms with van der Waals surface area (Å²) in [4.78, 5) is 25.7. The van der Waals surface area contributed by atoms with Crippen molar-refractivity contribution in [1.29, 1.82) is 0 Å². The van der Waals surface area contributed by atoms with Gasteiger partial charge < -0.3 is 4.90 Å². The fourth-order valence-electron chi connectivity index (χ4n) is 2.67. The van der Waals surface area contributed by atoms with Gasteiger partial charge in [0.2, 0.25) is 5.91 Å². The topological polar surface area (TPSA) is 61.4 Å². The van der Waals surface area contributed by atoms with Gasteiger partial charge in [0.25, 0.3) is 0 Å². The van der Waals surface area contributed by atoms with Crippen molar-refractivity contribution < 1.29 is 9.59 Å². The summed E-state index contributed by atoms with van der Waals surface area (Å²) in [5.41, 5.74) is 2.13. The maximum Gasteiger partial charge on any atom is 0.324 e. The van der Waals surface area contributed by atoms with E-state index >= 15 is 0 Å². The van der Waals surface area contributed by atoms with Crippen molar-refractivity contribution in [2.45, 2.75) is 19.9 Å². The summed E-state index contributed by atoms with van der Waals surface area (Å²) in [6.45, 7) is 4.96. The van der Waals surface area contributed by atoms with Gasteiger partial charge in [-0.3, -0.25) is 15.4 Å². The Morgan fingerprint density at radius 2 is 1.36 bits per heavy atom. The highest BCUT2D eigenvalue weighted by molar-refractivity contribution is 5.95. The van der Waals surface area contributed by atoms with Crippen molar-refractivity contribution in [2.75, 3.05) is 19.6 Å². The minimum atomic E-state index is -0.354. The molecule has 0 heterocycles. The van der Waals surface area contributed by atoms with Crippen LogP contribution in [-0.4, -0.2) is 36.5 Å². The molecule has 0 aromatic heterocycles. The first kappa shape index (κ1) is 18.7. The van der Waals surface area contributed by atoms with Crippen LogP contribution in [0.3, 0.4) is 0 Å². The third kappa shape index (κ3) is 5.43. The molecule has 0 radical (unpaired) electrons. The zero-order chi connectivity index (χ0) is 18.1. The third-order valence-electron chi connectivity index (χ3n) is 4.03. The molecular weight excluding hydrogens is 314 g/mol. The lowest BCUT2D eigenvalue weighted by Crippen LogP contribution is -2.46. The average Bonchev–Trinajstić information content (AvgIpc) is 2.64. The van der Waals surface area contributed by atoms with Crippen LogP contribution < -0.4 is 10.6 Å². The number of imide groups is 1. The van der Waals surface area contributed by atoms with E-state index in [9.17, 15) is 9.59 Å². The largest absolute Gasteiger partial charge is 0.325 e. The monoisotopic (exact) mass is 339 g/mol. The standard InChI is InChI=1S/C20H25N3O2/c1-3-23(4-2)20(25)22-18(24)15-21-19(16-11-7-5-8-12-16)17-13-9-6-10-14-17/h5-14,19,21H,3-4,15H2,1-2H3,(H,22,24,25). The van der Waals surface area contributed by atoms with E-state index in [2.05, 4.69) is 10.6 Å². The van der Waals surface area contributed by atoms with Crippen LogP contribution in [-0.2, 0) is 4.79 Å². The van der Waals surface area contributed by atoms with Gasteiger partial charge in [0, 0.05) is 13.1 Å². The van der Waals surface area contributed by atoms with Gasteiger partial charge >= 0.3 is 6.03 Å². The average molecular weight is 339 g/mol. The SMILES string of the molecule is CCN(CC)C(=O)NC(=O)CNC(c1ccccc1)c1ccccc1. The molecule has 5 nitrogen and oxygen atoms in total. The number of nitrogens with one attached hydrogen (secondary N) is 2. The molecule has 5 heteroatoms. The lowest BCUT2D eigenvalue weighted by atomic mass is 9.99. The Balaban J connectivity index is 2.03. The second-order valence-electron chi connectivity index (χ2n) is 5.66. The van der Waals surface area contributed by atoms with Crippen LogP contribution in [0.1, 0.15) is 31.0 Å². The van der Waals surface area contributed by atoms with Gasteiger partial charge in [-0.2, -0.15) is 0 Å². The Labute approximate surface area is 149 Å². The molecule has 25 heavy (non-hydrogen) atoms. The number of nitrogens with zero attached hydrogens (tertiary/aromatic N) is 1. The van der Waals surface area contributed by atoms with Gasteiger partial charge in [0.05, 0.1) is 12.6 Å². The predicted molar refractivity (Wildman–Crippen MR) is 99.2 cm³/mol. The highest BCUT2D eigenvalue weighted by atomic mass is 16.2. The first-order chi connectivity index (χ1) is 12.2. The molecule has 2 aromatic rings. The number of amides is 3. The summed E-state index contributed by atoms with van der Waals surface area (Å²) in [7, 11) is 0. The van der Waals surface area contributed by atoms with Crippen LogP contribution in [0.25, 0.3) is 0 Å². The quantitative estimate of drug-likeness (QED) is 0.815. The summed E-state index contributed by atoms with van der Waals surface area (Å²) < 4.78 is 0. The fraction of sp³-hybridized carbons (Fsp3) is 0.300. The van der Waals surface area contributed by atoms with Crippen molar-refractivity contribution in [2.24, 2.45) is 0 Å². The zero-order valence-corrected chi connectivity index (χ0v) is 14.7.